The van der Waals surface area contributed by atoms with Crippen molar-refractivity contribution in [1.82, 2.24) is 10.6 Å². The van der Waals surface area contributed by atoms with Crippen LogP contribution in [-0.2, 0) is 9.53 Å². The first-order valence-electron chi connectivity index (χ1n) is 6.89. The second-order valence-electron chi connectivity index (χ2n) is 5.15. The van der Waals surface area contributed by atoms with E-state index >= 15 is 0 Å². The van der Waals surface area contributed by atoms with E-state index in [1.165, 1.54) is 12.1 Å². The van der Waals surface area contributed by atoms with E-state index in [1.54, 1.807) is 0 Å². The van der Waals surface area contributed by atoms with E-state index in [2.05, 4.69) is 5.32 Å². The van der Waals surface area contributed by atoms with Crippen molar-refractivity contribution in [3.8, 4) is 0 Å². The zero-order chi connectivity index (χ0) is 18.3. The predicted octanol–water partition coefficient (Wildman–Crippen LogP) is 1.89. The maximum absolute atomic E-state index is 11.8. The van der Waals surface area contributed by atoms with Crippen LogP contribution in [0.5, 0.6) is 0 Å². The monoisotopic (exact) mass is 357 g/mol. The molecule has 0 aliphatic rings. The average molecular weight is 358 g/mol. The number of nitrogens with zero attached hydrogens (tertiary/aromatic N) is 1. The highest BCUT2D eigenvalue weighted by atomic mass is 35.5. The number of rotatable bonds is 6. The lowest BCUT2D eigenvalue weighted by molar-refractivity contribution is -0.384. The Morgan fingerprint density at radius 2 is 2.00 bits per heavy atom. The number of esters is 1. The number of carbonyl (C=O) groups is 3. The van der Waals surface area contributed by atoms with Crippen molar-refractivity contribution in [3.63, 3.8) is 0 Å². The van der Waals surface area contributed by atoms with E-state index in [1.807, 2.05) is 19.2 Å². The van der Waals surface area contributed by atoms with Crippen molar-refractivity contribution < 1.29 is 24.0 Å². The largest absolute Gasteiger partial charge is 0.452 e. The molecule has 2 N–H and O–H groups in total. The molecule has 0 aliphatic carbocycles. The summed E-state index contributed by atoms with van der Waals surface area (Å²) in [5.74, 6) is -1.56. The van der Waals surface area contributed by atoms with Crippen LogP contribution >= 0.6 is 11.6 Å². The summed E-state index contributed by atoms with van der Waals surface area (Å²) in [5.41, 5.74) is -0.591. The van der Waals surface area contributed by atoms with Crippen LogP contribution in [0.4, 0.5) is 10.5 Å². The van der Waals surface area contributed by atoms with Crippen molar-refractivity contribution >= 4 is 35.2 Å². The number of halogens is 1. The van der Waals surface area contributed by atoms with E-state index in [4.69, 9.17) is 16.3 Å². The van der Waals surface area contributed by atoms with Crippen LogP contribution in [0, 0.1) is 16.0 Å². The topological polar surface area (TPSA) is 128 Å². The standard InChI is InChI=1S/C14H16ClN3O6/c1-8(2)6-16-14(21)17-12(19)7-24-13(20)9-3-4-10(15)11(5-9)18(22)23/h3-5,8H,6-7H2,1-2H3,(H2,16,17,19,21). The number of ether oxygens (including phenoxy) is 1. The molecule has 0 saturated carbocycles. The molecular formula is C14H16ClN3O6. The summed E-state index contributed by atoms with van der Waals surface area (Å²) in [7, 11) is 0. The van der Waals surface area contributed by atoms with Crippen molar-refractivity contribution in [3.05, 3.63) is 38.9 Å². The third kappa shape index (κ3) is 6.21. The molecule has 1 aromatic rings. The van der Waals surface area contributed by atoms with E-state index in [9.17, 15) is 24.5 Å². The van der Waals surface area contributed by atoms with Crippen molar-refractivity contribution in [2.24, 2.45) is 5.92 Å². The highest BCUT2D eigenvalue weighted by Crippen LogP contribution is 2.25. The first kappa shape index (κ1) is 19.4. The Kier molecular flexibility index (Phi) is 7.12. The lowest BCUT2D eigenvalue weighted by Gasteiger charge is -2.09. The molecule has 10 heteroatoms. The normalized spacial score (nSPS) is 10.2. The number of urea groups is 1. The summed E-state index contributed by atoms with van der Waals surface area (Å²) < 4.78 is 4.69. The van der Waals surface area contributed by atoms with Gasteiger partial charge in [-0.15, -0.1) is 0 Å². The smallest absolute Gasteiger partial charge is 0.338 e. The molecule has 0 aromatic heterocycles. The number of carbonyl (C=O) groups excluding carboxylic acids is 3. The summed E-state index contributed by atoms with van der Waals surface area (Å²) in [6, 6.07) is 2.64. The summed E-state index contributed by atoms with van der Waals surface area (Å²) in [4.78, 5) is 44.6. The highest BCUT2D eigenvalue weighted by Gasteiger charge is 2.18. The van der Waals surface area contributed by atoms with Gasteiger partial charge in [0, 0.05) is 12.6 Å². The predicted molar refractivity (Wildman–Crippen MR) is 84.8 cm³/mol. The van der Waals surface area contributed by atoms with E-state index in [0.29, 0.717) is 6.54 Å². The number of hydrogen-bond acceptors (Lipinski definition) is 6. The molecule has 24 heavy (non-hydrogen) atoms. The van der Waals surface area contributed by atoms with Crippen molar-refractivity contribution in [2.75, 3.05) is 13.2 Å². The van der Waals surface area contributed by atoms with E-state index in [0.717, 1.165) is 6.07 Å². The van der Waals surface area contributed by atoms with Crippen LogP contribution in [0.3, 0.4) is 0 Å². The molecule has 0 heterocycles. The first-order chi connectivity index (χ1) is 11.2. The molecule has 3 amide bonds. The fourth-order valence-corrected chi connectivity index (χ4v) is 1.68. The minimum Gasteiger partial charge on any atom is -0.452 e. The molecule has 0 spiro atoms. The van der Waals surface area contributed by atoms with Gasteiger partial charge in [0.15, 0.2) is 6.61 Å². The number of amides is 3. The van der Waals surface area contributed by atoms with Gasteiger partial charge in [-0.2, -0.15) is 0 Å². The third-order valence-electron chi connectivity index (χ3n) is 2.64. The van der Waals surface area contributed by atoms with E-state index < -0.39 is 35.1 Å². The molecular weight excluding hydrogens is 342 g/mol. The van der Waals surface area contributed by atoms with Crippen LogP contribution in [-0.4, -0.2) is 36.0 Å². The fraction of sp³-hybridized carbons (Fsp3) is 0.357. The third-order valence-corrected chi connectivity index (χ3v) is 2.96. The minimum atomic E-state index is -0.951. The lowest BCUT2D eigenvalue weighted by Crippen LogP contribution is -2.42. The second kappa shape index (κ2) is 8.82. The SMILES string of the molecule is CC(C)CNC(=O)NC(=O)COC(=O)c1ccc(Cl)c([N+](=O)[O-])c1. The molecule has 0 radical (unpaired) electrons. The molecule has 0 unspecified atom stereocenters. The van der Waals surface area contributed by atoms with Crippen LogP contribution in [0.25, 0.3) is 0 Å². The van der Waals surface area contributed by atoms with Gasteiger partial charge in [-0.3, -0.25) is 20.2 Å². The average Bonchev–Trinajstić information content (AvgIpc) is 2.50. The Bertz CT molecular complexity index is 662. The van der Waals surface area contributed by atoms with Crippen LogP contribution in [0.15, 0.2) is 18.2 Å². The second-order valence-corrected chi connectivity index (χ2v) is 5.56. The molecule has 130 valence electrons. The maximum Gasteiger partial charge on any atom is 0.338 e. The van der Waals surface area contributed by atoms with Crippen molar-refractivity contribution in [1.29, 1.82) is 0 Å². The van der Waals surface area contributed by atoms with Gasteiger partial charge in [-0.05, 0) is 18.1 Å². The Labute approximate surface area is 142 Å². The quantitative estimate of drug-likeness (QED) is 0.454. The van der Waals surface area contributed by atoms with Crippen LogP contribution in [0.2, 0.25) is 5.02 Å². The van der Waals surface area contributed by atoms with Gasteiger partial charge < -0.3 is 10.1 Å². The molecule has 0 saturated heterocycles. The minimum absolute atomic E-state index is 0.129. The fourth-order valence-electron chi connectivity index (χ4n) is 1.50. The van der Waals surface area contributed by atoms with Gasteiger partial charge in [0.05, 0.1) is 10.5 Å². The zero-order valence-electron chi connectivity index (χ0n) is 13.0. The number of imide groups is 1. The maximum atomic E-state index is 11.8. The summed E-state index contributed by atoms with van der Waals surface area (Å²) in [5, 5.41) is 15.1. The Balaban J connectivity index is 2.54. The Hall–Kier alpha value is -2.68. The number of benzene rings is 1. The first-order valence-corrected chi connectivity index (χ1v) is 7.27. The molecule has 0 fully saturated rings. The molecule has 0 aliphatic heterocycles. The van der Waals surface area contributed by atoms with Gasteiger partial charge in [-0.1, -0.05) is 25.4 Å². The lowest BCUT2D eigenvalue weighted by atomic mass is 10.2. The molecule has 1 aromatic carbocycles. The number of hydrogen-bond donors (Lipinski definition) is 2. The Morgan fingerprint density at radius 3 is 2.58 bits per heavy atom. The Morgan fingerprint density at radius 1 is 1.33 bits per heavy atom. The van der Waals surface area contributed by atoms with E-state index in [-0.39, 0.29) is 16.5 Å². The van der Waals surface area contributed by atoms with Gasteiger partial charge in [0.25, 0.3) is 11.6 Å². The molecule has 0 bridgehead atoms. The summed E-state index contributed by atoms with van der Waals surface area (Å²) >= 11 is 5.63. The van der Waals surface area contributed by atoms with Gasteiger partial charge >= 0.3 is 12.0 Å². The van der Waals surface area contributed by atoms with Gasteiger partial charge in [-0.25, -0.2) is 9.59 Å². The summed E-state index contributed by atoms with van der Waals surface area (Å²) in [6.07, 6.45) is 0. The number of nitro benzene ring substituents is 1. The number of nitro groups is 1. The van der Waals surface area contributed by atoms with Gasteiger partial charge in [0.2, 0.25) is 0 Å². The van der Waals surface area contributed by atoms with Crippen LogP contribution < -0.4 is 10.6 Å². The van der Waals surface area contributed by atoms with Crippen molar-refractivity contribution in [2.45, 2.75) is 13.8 Å². The number of nitrogens with one attached hydrogen (secondary N) is 2. The summed E-state index contributed by atoms with van der Waals surface area (Å²) in [6.45, 7) is 3.45. The van der Waals surface area contributed by atoms with Gasteiger partial charge in [0.1, 0.15) is 5.02 Å². The molecule has 9 nitrogen and oxygen atoms in total. The van der Waals surface area contributed by atoms with Crippen LogP contribution in [0.1, 0.15) is 24.2 Å². The zero-order valence-corrected chi connectivity index (χ0v) is 13.8. The highest BCUT2D eigenvalue weighted by molar-refractivity contribution is 6.32. The molecule has 0 atom stereocenters. The molecule has 1 rings (SSSR count).